The molecule has 21 heavy (non-hydrogen) atoms. The Kier molecular flexibility index (Phi) is 4.90. The van der Waals surface area contributed by atoms with Crippen LogP contribution in [0.2, 0.25) is 0 Å². The Bertz CT molecular complexity index is 655. The third-order valence-corrected chi connectivity index (χ3v) is 3.15. The van der Waals surface area contributed by atoms with Crippen molar-refractivity contribution in [1.29, 1.82) is 0 Å². The number of nitrogens with one attached hydrogen (secondary N) is 2. The fourth-order valence-corrected chi connectivity index (χ4v) is 2.01. The van der Waals surface area contributed by atoms with Gasteiger partial charge < -0.3 is 15.7 Å². The summed E-state index contributed by atoms with van der Waals surface area (Å²) in [4.78, 5) is 23.5. The van der Waals surface area contributed by atoms with Crippen molar-refractivity contribution in [1.82, 2.24) is 5.32 Å². The lowest BCUT2D eigenvalue weighted by Crippen LogP contribution is -2.40. The van der Waals surface area contributed by atoms with Gasteiger partial charge in [-0.3, -0.25) is 9.59 Å². The summed E-state index contributed by atoms with van der Waals surface area (Å²) in [7, 11) is 0. The number of hydrogen-bond donors (Lipinski definition) is 3. The highest BCUT2D eigenvalue weighted by Gasteiger charge is 2.16. The van der Waals surface area contributed by atoms with Gasteiger partial charge in [-0.05, 0) is 36.2 Å². The predicted molar refractivity (Wildman–Crippen MR) is 81.9 cm³/mol. The molecular formula is C16H18N2O3. The number of aliphatic hydroxyl groups is 1. The van der Waals surface area contributed by atoms with Crippen molar-refractivity contribution in [3.8, 4) is 0 Å². The molecule has 0 aliphatic rings. The number of hydrogen-bond acceptors (Lipinski definition) is 3. The van der Waals surface area contributed by atoms with Gasteiger partial charge in [-0.2, -0.15) is 0 Å². The Hall–Kier alpha value is -2.40. The lowest BCUT2D eigenvalue weighted by atomic mass is 10.1. The summed E-state index contributed by atoms with van der Waals surface area (Å²) in [6.07, 6.45) is 0.412. The Balaban J connectivity index is 2.02. The average Bonchev–Trinajstić information content (AvgIpc) is 2.47. The third kappa shape index (κ3) is 4.03. The van der Waals surface area contributed by atoms with E-state index in [4.69, 9.17) is 5.11 Å². The van der Waals surface area contributed by atoms with E-state index in [1.54, 1.807) is 13.0 Å². The van der Waals surface area contributed by atoms with Gasteiger partial charge in [0.25, 0.3) is 0 Å². The summed E-state index contributed by atoms with van der Waals surface area (Å²) in [5.41, 5.74) is 0.573. The molecule has 0 fully saturated rings. The number of aliphatic hydroxyl groups excluding tert-OH is 1. The molecule has 0 aliphatic carbocycles. The number of benzene rings is 2. The molecule has 3 N–H and O–H groups in total. The van der Waals surface area contributed by atoms with E-state index in [2.05, 4.69) is 10.6 Å². The van der Waals surface area contributed by atoms with Crippen LogP contribution in [0.4, 0.5) is 5.69 Å². The SMILES string of the molecule is C[C@H](CCO)NC(=O)C(=O)Nc1ccc2ccccc2c1. The monoisotopic (exact) mass is 286 g/mol. The zero-order chi connectivity index (χ0) is 15.2. The summed E-state index contributed by atoms with van der Waals surface area (Å²) in [6.45, 7) is 1.70. The van der Waals surface area contributed by atoms with Crippen molar-refractivity contribution in [3.05, 3.63) is 42.5 Å². The fraction of sp³-hybridized carbons (Fsp3) is 0.250. The Labute approximate surface area is 123 Å². The molecule has 2 aromatic rings. The summed E-state index contributed by atoms with van der Waals surface area (Å²) in [6, 6.07) is 13.0. The number of amides is 2. The van der Waals surface area contributed by atoms with E-state index < -0.39 is 11.8 Å². The lowest BCUT2D eigenvalue weighted by Gasteiger charge is -2.12. The molecule has 0 heterocycles. The second kappa shape index (κ2) is 6.85. The molecule has 0 saturated carbocycles. The number of anilines is 1. The van der Waals surface area contributed by atoms with Crippen molar-refractivity contribution in [2.45, 2.75) is 19.4 Å². The largest absolute Gasteiger partial charge is 0.396 e. The topological polar surface area (TPSA) is 78.4 Å². The second-order valence-corrected chi connectivity index (χ2v) is 4.90. The highest BCUT2D eigenvalue weighted by molar-refractivity contribution is 6.39. The van der Waals surface area contributed by atoms with Gasteiger partial charge in [0.1, 0.15) is 0 Å². The normalized spacial score (nSPS) is 11.9. The average molecular weight is 286 g/mol. The van der Waals surface area contributed by atoms with E-state index in [-0.39, 0.29) is 12.6 Å². The molecule has 0 unspecified atom stereocenters. The Morgan fingerprint density at radius 3 is 2.52 bits per heavy atom. The van der Waals surface area contributed by atoms with Crippen LogP contribution < -0.4 is 10.6 Å². The first-order valence-corrected chi connectivity index (χ1v) is 6.81. The first-order valence-electron chi connectivity index (χ1n) is 6.81. The van der Waals surface area contributed by atoms with Crippen molar-refractivity contribution in [2.24, 2.45) is 0 Å². The summed E-state index contributed by atoms with van der Waals surface area (Å²) in [5.74, 6) is -1.42. The molecule has 5 heteroatoms. The van der Waals surface area contributed by atoms with Crippen LogP contribution in [-0.4, -0.2) is 29.6 Å². The molecule has 110 valence electrons. The van der Waals surface area contributed by atoms with Crippen molar-refractivity contribution in [2.75, 3.05) is 11.9 Å². The van der Waals surface area contributed by atoms with Crippen molar-refractivity contribution in [3.63, 3.8) is 0 Å². The maximum atomic E-state index is 11.8. The van der Waals surface area contributed by atoms with Gasteiger partial charge in [0, 0.05) is 18.3 Å². The van der Waals surface area contributed by atoms with E-state index in [1.807, 2.05) is 36.4 Å². The van der Waals surface area contributed by atoms with Gasteiger partial charge in [0.05, 0.1) is 0 Å². The quantitative estimate of drug-likeness (QED) is 0.748. The van der Waals surface area contributed by atoms with Crippen molar-refractivity contribution >= 4 is 28.3 Å². The maximum absolute atomic E-state index is 11.8. The van der Waals surface area contributed by atoms with E-state index in [0.29, 0.717) is 12.1 Å². The van der Waals surface area contributed by atoms with Crippen LogP contribution in [0.15, 0.2) is 42.5 Å². The van der Waals surface area contributed by atoms with Crippen molar-refractivity contribution < 1.29 is 14.7 Å². The molecule has 0 saturated heterocycles. The van der Waals surface area contributed by atoms with E-state index in [0.717, 1.165) is 10.8 Å². The van der Waals surface area contributed by atoms with Crippen LogP contribution in [0.1, 0.15) is 13.3 Å². The molecule has 0 spiro atoms. The minimum Gasteiger partial charge on any atom is -0.396 e. The summed E-state index contributed by atoms with van der Waals surface area (Å²) >= 11 is 0. The minimum absolute atomic E-state index is 0.0340. The molecular weight excluding hydrogens is 268 g/mol. The minimum atomic E-state index is -0.713. The molecule has 1 atom stereocenters. The van der Waals surface area contributed by atoms with Crippen LogP contribution >= 0.6 is 0 Å². The summed E-state index contributed by atoms with van der Waals surface area (Å²) < 4.78 is 0. The first-order chi connectivity index (χ1) is 10.1. The second-order valence-electron chi connectivity index (χ2n) is 4.90. The molecule has 2 amide bonds. The molecule has 2 rings (SSSR count). The molecule has 0 radical (unpaired) electrons. The fourth-order valence-electron chi connectivity index (χ4n) is 2.01. The zero-order valence-corrected chi connectivity index (χ0v) is 11.8. The van der Waals surface area contributed by atoms with Crippen LogP contribution in [0, 0.1) is 0 Å². The molecule has 0 aliphatic heterocycles. The molecule has 5 nitrogen and oxygen atoms in total. The third-order valence-electron chi connectivity index (χ3n) is 3.15. The van der Waals surface area contributed by atoms with Crippen LogP contribution in [0.3, 0.4) is 0 Å². The van der Waals surface area contributed by atoms with Gasteiger partial charge in [-0.15, -0.1) is 0 Å². The highest BCUT2D eigenvalue weighted by atomic mass is 16.3. The number of carbonyl (C=O) groups is 2. The van der Waals surface area contributed by atoms with Gasteiger partial charge in [0.2, 0.25) is 0 Å². The van der Waals surface area contributed by atoms with E-state index in [1.165, 1.54) is 0 Å². The Morgan fingerprint density at radius 1 is 1.10 bits per heavy atom. The predicted octanol–water partition coefficient (Wildman–Crippen LogP) is 1.67. The van der Waals surface area contributed by atoms with Gasteiger partial charge in [-0.1, -0.05) is 30.3 Å². The van der Waals surface area contributed by atoms with Crippen LogP contribution in [-0.2, 0) is 9.59 Å². The van der Waals surface area contributed by atoms with Crippen LogP contribution in [0.25, 0.3) is 10.8 Å². The summed E-state index contributed by atoms with van der Waals surface area (Å²) in [5, 5.41) is 15.9. The number of rotatable bonds is 4. The first kappa shape index (κ1) is 15.0. The molecule has 0 bridgehead atoms. The molecule has 0 aromatic heterocycles. The lowest BCUT2D eigenvalue weighted by molar-refractivity contribution is -0.136. The number of carbonyl (C=O) groups excluding carboxylic acids is 2. The van der Waals surface area contributed by atoms with E-state index >= 15 is 0 Å². The Morgan fingerprint density at radius 2 is 1.81 bits per heavy atom. The van der Waals surface area contributed by atoms with Crippen LogP contribution in [0.5, 0.6) is 0 Å². The van der Waals surface area contributed by atoms with Gasteiger partial charge in [0.15, 0.2) is 0 Å². The smallest absolute Gasteiger partial charge is 0.313 e. The highest BCUT2D eigenvalue weighted by Crippen LogP contribution is 2.18. The molecule has 2 aromatic carbocycles. The van der Waals surface area contributed by atoms with Gasteiger partial charge >= 0.3 is 11.8 Å². The zero-order valence-electron chi connectivity index (χ0n) is 11.8. The standard InChI is InChI=1S/C16H18N2O3/c1-11(8-9-19)17-15(20)16(21)18-14-7-6-12-4-2-3-5-13(12)10-14/h2-7,10-11,19H,8-9H2,1H3,(H,17,20)(H,18,21)/t11-/m1/s1. The van der Waals surface area contributed by atoms with E-state index in [9.17, 15) is 9.59 Å². The van der Waals surface area contributed by atoms with Gasteiger partial charge in [-0.25, -0.2) is 0 Å². The number of fused-ring (bicyclic) bond motifs is 1. The maximum Gasteiger partial charge on any atom is 0.313 e.